The van der Waals surface area contributed by atoms with Crippen LogP contribution in [0.1, 0.15) is 28.3 Å². The van der Waals surface area contributed by atoms with E-state index in [2.05, 4.69) is 19.9 Å². The lowest BCUT2D eigenvalue weighted by Crippen LogP contribution is -2.08. The Balaban J connectivity index is 1.57. The Bertz CT molecular complexity index is 3390. The molecule has 65 heavy (non-hydrogen) atoms. The fourth-order valence-electron chi connectivity index (χ4n) is 7.46. The molecule has 21 heteroatoms. The van der Waals surface area contributed by atoms with Crippen LogP contribution in [0.2, 0.25) is 0 Å². The van der Waals surface area contributed by atoms with Gasteiger partial charge in [0.25, 0.3) is 0 Å². The van der Waals surface area contributed by atoms with E-state index in [1.54, 1.807) is 0 Å². The van der Waals surface area contributed by atoms with Gasteiger partial charge in [-0.25, -0.2) is 75.8 Å². The molecule has 1 aliphatic carbocycles. The highest BCUT2D eigenvalue weighted by atomic mass is 19.2. The van der Waals surface area contributed by atoms with Crippen LogP contribution in [-0.4, -0.2) is 31.5 Å². The lowest BCUT2D eigenvalue weighted by Gasteiger charge is -2.11. The zero-order chi connectivity index (χ0) is 46.7. The van der Waals surface area contributed by atoms with Crippen LogP contribution in [-0.2, 0) is 9.59 Å². The van der Waals surface area contributed by atoms with E-state index in [-0.39, 0.29) is 5.52 Å². The minimum absolute atomic E-state index is 0.360. The van der Waals surface area contributed by atoms with Crippen molar-refractivity contribution in [3.05, 3.63) is 158 Å². The predicted octanol–water partition coefficient (Wildman–Crippen LogP) is 11.8. The van der Waals surface area contributed by atoms with Gasteiger partial charge in [-0.3, -0.25) is 9.59 Å². The number of hydrogen-bond donors (Lipinski definition) is 2. The van der Waals surface area contributed by atoms with Crippen molar-refractivity contribution in [3.8, 4) is 33.4 Å². The van der Waals surface area contributed by atoms with E-state index in [4.69, 9.17) is 0 Å². The van der Waals surface area contributed by atoms with E-state index < -0.39 is 183 Å². The van der Waals surface area contributed by atoms with Crippen molar-refractivity contribution in [2.24, 2.45) is 0 Å². The highest BCUT2D eigenvalue weighted by Crippen LogP contribution is 2.43. The van der Waals surface area contributed by atoms with E-state index in [0.29, 0.717) is 0 Å². The molecule has 3 aromatic carbocycles. The summed E-state index contributed by atoms with van der Waals surface area (Å²) in [5, 5.41) is 0. The summed E-state index contributed by atoms with van der Waals surface area (Å²) in [6.07, 6.45) is 5.85. The number of carbonyl (C=O) groups excluding carboxylic acids is 2. The van der Waals surface area contributed by atoms with E-state index in [1.807, 2.05) is 0 Å². The molecule has 6 nitrogen and oxygen atoms in total. The van der Waals surface area contributed by atoms with Crippen molar-refractivity contribution in [1.82, 2.24) is 19.9 Å². The molecule has 0 amide bonds. The number of carbonyl (C=O) groups is 2. The van der Waals surface area contributed by atoms with Crippen LogP contribution >= 0.6 is 0 Å². The zero-order valence-corrected chi connectivity index (χ0v) is 31.2. The standard InChI is InChI=1S/C44H13F15N4O2/c45-30-27(31(46)37(52)42(57)36(30)51)24-16-4-2-14(60-16)23(13-11-12(64)1-10-22(13)65)15-3-5-17(61-15)25(28-32(47)38(53)43(58)39(54)33(28)48)19-7-9-21(63-19)26(20-8-6-18(24)62-20)29-34(49)40(55)44(59)41(56)35(29)50/h1-11,60,63H. The second-order valence-electron chi connectivity index (χ2n) is 14.0. The average molecular weight is 915 g/mol. The van der Waals surface area contributed by atoms with E-state index in [9.17, 15) is 49.1 Å². The van der Waals surface area contributed by atoms with E-state index in [1.165, 1.54) is 0 Å². The molecule has 0 fully saturated rings. The first-order chi connectivity index (χ1) is 30.8. The summed E-state index contributed by atoms with van der Waals surface area (Å²) in [5.41, 5.74) is -14.6. The van der Waals surface area contributed by atoms with Gasteiger partial charge < -0.3 is 9.97 Å². The van der Waals surface area contributed by atoms with E-state index in [0.717, 1.165) is 66.8 Å². The molecular formula is C44H13F15N4O2. The van der Waals surface area contributed by atoms with Gasteiger partial charge in [-0.05, 0) is 66.8 Å². The normalized spacial score (nSPS) is 13.4. The van der Waals surface area contributed by atoms with Gasteiger partial charge in [-0.2, -0.15) is 0 Å². The monoisotopic (exact) mass is 914 g/mol. The topological polar surface area (TPSA) is 91.5 Å². The van der Waals surface area contributed by atoms with Gasteiger partial charge in [0, 0.05) is 49.9 Å². The van der Waals surface area contributed by atoms with Crippen molar-refractivity contribution in [2.45, 2.75) is 0 Å². The SMILES string of the molecule is O=C1C=CC(=O)C(c2c3nc(c(-c4c(F)c(F)c(F)c(F)c4F)c4ccc([nH]4)c(-c4c(F)c(F)c(F)c(F)c4F)c4nc(c(-c5c(F)c(F)c(F)c(F)c5F)c5ccc2[nH]5)C=C4)C=C3)=C1. The molecule has 5 heterocycles. The van der Waals surface area contributed by atoms with E-state index >= 15 is 26.3 Å². The van der Waals surface area contributed by atoms with Crippen LogP contribution in [0.3, 0.4) is 0 Å². The first kappa shape index (κ1) is 42.3. The number of nitrogens with zero attached hydrogens (tertiary/aromatic N) is 2. The van der Waals surface area contributed by atoms with Crippen LogP contribution in [0.5, 0.6) is 0 Å². The van der Waals surface area contributed by atoms with Gasteiger partial charge >= 0.3 is 0 Å². The maximum Gasteiger partial charge on any atom is 0.200 e. The molecule has 2 aliphatic heterocycles. The first-order valence-corrected chi connectivity index (χ1v) is 18.0. The molecule has 326 valence electrons. The molecule has 0 saturated carbocycles. The van der Waals surface area contributed by atoms with Crippen molar-refractivity contribution in [1.29, 1.82) is 0 Å². The van der Waals surface area contributed by atoms with Crippen molar-refractivity contribution in [3.63, 3.8) is 0 Å². The maximum absolute atomic E-state index is 15.8. The van der Waals surface area contributed by atoms with Gasteiger partial charge in [0.1, 0.15) is 0 Å². The van der Waals surface area contributed by atoms with Gasteiger partial charge in [0.05, 0.1) is 39.5 Å². The van der Waals surface area contributed by atoms with Gasteiger partial charge in [-0.15, -0.1) is 0 Å². The molecular weight excluding hydrogens is 901 g/mol. The summed E-state index contributed by atoms with van der Waals surface area (Å²) >= 11 is 0. The summed E-state index contributed by atoms with van der Waals surface area (Å²) in [4.78, 5) is 39.3. The second kappa shape index (κ2) is 15.1. The number of allylic oxidation sites excluding steroid dienone is 4. The Morgan fingerprint density at radius 1 is 0.308 bits per heavy atom. The smallest absolute Gasteiger partial charge is 0.200 e. The van der Waals surface area contributed by atoms with Crippen molar-refractivity contribution < 1.29 is 75.4 Å². The lowest BCUT2D eigenvalue weighted by atomic mass is 9.95. The largest absolute Gasteiger partial charge is 0.354 e. The Labute approximate surface area is 350 Å². The lowest BCUT2D eigenvalue weighted by molar-refractivity contribution is -0.113. The first-order valence-electron chi connectivity index (χ1n) is 18.0. The minimum atomic E-state index is -2.65. The molecule has 0 radical (unpaired) electrons. The van der Waals surface area contributed by atoms with Crippen LogP contribution < -0.4 is 0 Å². The summed E-state index contributed by atoms with van der Waals surface area (Å²) < 4.78 is 227. The summed E-state index contributed by atoms with van der Waals surface area (Å²) in [5.74, 6) is -39.3. The molecule has 0 spiro atoms. The number of ketones is 2. The van der Waals surface area contributed by atoms with Crippen LogP contribution in [0.15, 0.2) is 42.5 Å². The fraction of sp³-hybridized carbons (Fsp3) is 0. The number of hydrogen-bond acceptors (Lipinski definition) is 4. The highest BCUT2D eigenvalue weighted by molar-refractivity contribution is 6.35. The number of fused-ring (bicyclic) bond motifs is 8. The zero-order valence-electron chi connectivity index (χ0n) is 31.2. The van der Waals surface area contributed by atoms with Crippen LogP contribution in [0.4, 0.5) is 65.9 Å². The van der Waals surface area contributed by atoms with Crippen LogP contribution in [0.25, 0.3) is 85.3 Å². The average Bonchev–Trinajstić information content (AvgIpc) is 4.14. The third kappa shape index (κ3) is 6.31. The molecule has 6 aromatic rings. The molecule has 0 unspecified atom stereocenters. The summed E-state index contributed by atoms with van der Waals surface area (Å²) in [7, 11) is 0. The fourth-order valence-corrected chi connectivity index (χ4v) is 7.46. The van der Waals surface area contributed by atoms with Gasteiger partial charge in [0.2, 0.25) is 17.5 Å². The third-order valence-electron chi connectivity index (χ3n) is 10.4. The molecule has 0 saturated heterocycles. The number of aromatic amines is 2. The number of rotatable bonds is 4. The minimum Gasteiger partial charge on any atom is -0.354 e. The summed E-state index contributed by atoms with van der Waals surface area (Å²) in [6, 6.07) is 3.51. The number of aromatic nitrogens is 4. The molecule has 0 atom stereocenters. The van der Waals surface area contributed by atoms with Crippen molar-refractivity contribution >= 4 is 63.5 Å². The molecule has 3 aliphatic rings. The van der Waals surface area contributed by atoms with Gasteiger partial charge in [-0.1, -0.05) is 0 Å². The third-order valence-corrected chi connectivity index (χ3v) is 10.4. The predicted molar refractivity (Wildman–Crippen MR) is 202 cm³/mol. The number of nitrogens with one attached hydrogen (secondary N) is 2. The molecule has 9 rings (SSSR count). The molecule has 3 aromatic heterocycles. The molecule has 2 N–H and O–H groups in total. The summed E-state index contributed by atoms with van der Waals surface area (Å²) in [6.45, 7) is 0. The Morgan fingerprint density at radius 3 is 0.877 bits per heavy atom. The molecule has 8 bridgehead atoms. The Morgan fingerprint density at radius 2 is 0.569 bits per heavy atom. The number of H-pyrrole nitrogens is 2. The Hall–Kier alpha value is -7.97. The highest BCUT2D eigenvalue weighted by Gasteiger charge is 2.34. The number of halogens is 15. The van der Waals surface area contributed by atoms with Gasteiger partial charge in [0.15, 0.2) is 81.4 Å². The maximum atomic E-state index is 15.8. The van der Waals surface area contributed by atoms with Crippen LogP contribution in [0, 0.1) is 87.3 Å². The Kier molecular flexibility index (Phi) is 9.83. The quantitative estimate of drug-likeness (QED) is 0.0796. The second-order valence-corrected chi connectivity index (χ2v) is 14.0. The number of benzene rings is 3. The van der Waals surface area contributed by atoms with Crippen molar-refractivity contribution in [2.75, 3.05) is 0 Å².